The lowest BCUT2D eigenvalue weighted by Gasteiger charge is -2.04. The molecule has 0 unspecified atom stereocenters. The monoisotopic (exact) mass is 325 g/mol. The SMILES string of the molecule is OCc1ccc2[nH]c3c(-c4cnc5ccccc5c4)nccc3c2c1. The van der Waals surface area contributed by atoms with Gasteiger partial charge in [-0.2, -0.15) is 0 Å². The highest BCUT2D eigenvalue weighted by atomic mass is 16.3. The molecule has 2 N–H and O–H groups in total. The van der Waals surface area contributed by atoms with Crippen LogP contribution in [-0.2, 0) is 6.61 Å². The van der Waals surface area contributed by atoms with Crippen molar-refractivity contribution in [1.29, 1.82) is 0 Å². The normalized spacial score (nSPS) is 11.6. The number of aliphatic hydroxyl groups is 1. The van der Waals surface area contributed by atoms with E-state index in [1.54, 1.807) is 0 Å². The Morgan fingerprint density at radius 1 is 0.920 bits per heavy atom. The molecule has 5 aromatic rings. The maximum absolute atomic E-state index is 9.41. The summed E-state index contributed by atoms with van der Waals surface area (Å²) in [6, 6.07) is 18.2. The maximum Gasteiger partial charge on any atom is 0.0958 e. The van der Waals surface area contributed by atoms with Gasteiger partial charge in [0.05, 0.1) is 23.3 Å². The van der Waals surface area contributed by atoms with E-state index in [-0.39, 0.29) is 6.61 Å². The number of rotatable bonds is 2. The van der Waals surface area contributed by atoms with Crippen molar-refractivity contribution in [2.75, 3.05) is 0 Å². The highest BCUT2D eigenvalue weighted by molar-refractivity contribution is 6.11. The van der Waals surface area contributed by atoms with Gasteiger partial charge in [-0.05, 0) is 35.9 Å². The van der Waals surface area contributed by atoms with Crippen molar-refractivity contribution in [3.05, 3.63) is 72.6 Å². The molecule has 0 aliphatic carbocycles. The van der Waals surface area contributed by atoms with Crippen LogP contribution in [0.5, 0.6) is 0 Å². The van der Waals surface area contributed by atoms with E-state index in [1.807, 2.05) is 54.9 Å². The van der Waals surface area contributed by atoms with Crippen molar-refractivity contribution in [3.8, 4) is 11.3 Å². The molecule has 0 bridgehead atoms. The van der Waals surface area contributed by atoms with E-state index in [1.165, 1.54) is 0 Å². The summed E-state index contributed by atoms with van der Waals surface area (Å²) in [5.41, 5.74) is 5.78. The van der Waals surface area contributed by atoms with Crippen LogP contribution >= 0.6 is 0 Å². The lowest BCUT2D eigenvalue weighted by molar-refractivity contribution is 0.282. The Labute approximate surface area is 143 Å². The first kappa shape index (κ1) is 14.1. The third-order valence-electron chi connectivity index (χ3n) is 4.63. The summed E-state index contributed by atoms with van der Waals surface area (Å²) in [5, 5.41) is 12.7. The number of hydrogen-bond acceptors (Lipinski definition) is 3. The summed E-state index contributed by atoms with van der Waals surface area (Å²) in [6.45, 7) is 0.0369. The molecule has 0 spiro atoms. The molecule has 4 nitrogen and oxygen atoms in total. The molecule has 3 aromatic heterocycles. The molecule has 0 saturated carbocycles. The van der Waals surface area contributed by atoms with Crippen LogP contribution in [0.3, 0.4) is 0 Å². The summed E-state index contributed by atoms with van der Waals surface area (Å²) >= 11 is 0. The van der Waals surface area contributed by atoms with Crippen LogP contribution in [0.4, 0.5) is 0 Å². The van der Waals surface area contributed by atoms with E-state index in [0.717, 1.165) is 49.5 Å². The van der Waals surface area contributed by atoms with E-state index >= 15 is 0 Å². The van der Waals surface area contributed by atoms with E-state index in [2.05, 4.69) is 27.1 Å². The van der Waals surface area contributed by atoms with Gasteiger partial charge in [0.1, 0.15) is 0 Å². The minimum atomic E-state index is 0.0369. The van der Waals surface area contributed by atoms with Crippen molar-refractivity contribution in [1.82, 2.24) is 15.0 Å². The van der Waals surface area contributed by atoms with E-state index in [9.17, 15) is 5.11 Å². The number of aromatic amines is 1. The summed E-state index contributed by atoms with van der Waals surface area (Å²) in [6.07, 6.45) is 3.69. The van der Waals surface area contributed by atoms with Gasteiger partial charge < -0.3 is 10.1 Å². The zero-order valence-electron chi connectivity index (χ0n) is 13.4. The van der Waals surface area contributed by atoms with Crippen LogP contribution < -0.4 is 0 Å². The molecule has 0 aliphatic heterocycles. The Hall–Kier alpha value is -3.24. The number of benzene rings is 2. The van der Waals surface area contributed by atoms with Crippen LogP contribution in [0.25, 0.3) is 44.0 Å². The molecule has 0 saturated heterocycles. The summed E-state index contributed by atoms with van der Waals surface area (Å²) in [4.78, 5) is 12.6. The number of fused-ring (bicyclic) bond motifs is 4. The molecule has 5 rings (SSSR count). The second-order valence-corrected chi connectivity index (χ2v) is 6.16. The average molecular weight is 325 g/mol. The fourth-order valence-electron chi connectivity index (χ4n) is 3.39. The van der Waals surface area contributed by atoms with Crippen molar-refractivity contribution >= 4 is 32.7 Å². The minimum Gasteiger partial charge on any atom is -0.392 e. The highest BCUT2D eigenvalue weighted by Gasteiger charge is 2.12. The molecular formula is C21H15N3O. The van der Waals surface area contributed by atoms with Crippen molar-refractivity contribution in [2.45, 2.75) is 6.61 Å². The first-order valence-corrected chi connectivity index (χ1v) is 8.19. The lowest BCUT2D eigenvalue weighted by atomic mass is 10.1. The van der Waals surface area contributed by atoms with E-state index in [0.29, 0.717) is 0 Å². The molecule has 0 atom stereocenters. The Morgan fingerprint density at radius 2 is 1.84 bits per heavy atom. The van der Waals surface area contributed by atoms with Gasteiger partial charge in [-0.1, -0.05) is 24.3 Å². The van der Waals surface area contributed by atoms with Crippen LogP contribution in [0, 0.1) is 0 Å². The predicted molar refractivity (Wildman–Crippen MR) is 100 cm³/mol. The van der Waals surface area contributed by atoms with Crippen LogP contribution in [0.15, 0.2) is 67.0 Å². The fraction of sp³-hybridized carbons (Fsp3) is 0.0476. The average Bonchev–Trinajstić information content (AvgIpc) is 3.05. The van der Waals surface area contributed by atoms with Crippen LogP contribution in [0.1, 0.15) is 5.56 Å². The summed E-state index contributed by atoms with van der Waals surface area (Å²) in [7, 11) is 0. The van der Waals surface area contributed by atoms with Crippen molar-refractivity contribution in [2.24, 2.45) is 0 Å². The zero-order chi connectivity index (χ0) is 16.8. The third kappa shape index (κ3) is 2.19. The molecule has 0 aliphatic rings. The highest BCUT2D eigenvalue weighted by Crippen LogP contribution is 2.32. The van der Waals surface area contributed by atoms with Crippen LogP contribution in [-0.4, -0.2) is 20.1 Å². The number of hydrogen-bond donors (Lipinski definition) is 2. The number of para-hydroxylation sites is 1. The standard InChI is InChI=1S/C21H15N3O/c25-12-13-5-6-19-17(9-13)16-7-8-22-20(21(16)24-19)15-10-14-3-1-2-4-18(14)23-11-15/h1-11,24-25H,12H2. The predicted octanol–water partition coefficient (Wildman–Crippen LogP) is 4.42. The Balaban J connectivity index is 1.80. The number of aromatic nitrogens is 3. The topological polar surface area (TPSA) is 61.8 Å². The maximum atomic E-state index is 9.41. The van der Waals surface area contributed by atoms with Gasteiger partial charge in [-0.3, -0.25) is 9.97 Å². The second kappa shape index (κ2) is 5.40. The number of pyridine rings is 2. The molecular weight excluding hydrogens is 310 g/mol. The number of H-pyrrole nitrogens is 1. The number of aliphatic hydroxyl groups excluding tert-OH is 1. The number of nitrogens with one attached hydrogen (secondary N) is 1. The molecule has 25 heavy (non-hydrogen) atoms. The third-order valence-corrected chi connectivity index (χ3v) is 4.63. The minimum absolute atomic E-state index is 0.0369. The second-order valence-electron chi connectivity index (χ2n) is 6.16. The van der Waals surface area contributed by atoms with Gasteiger partial charge in [0, 0.05) is 39.6 Å². The summed E-state index contributed by atoms with van der Waals surface area (Å²) < 4.78 is 0. The molecule has 120 valence electrons. The molecule has 0 radical (unpaired) electrons. The molecule has 4 heteroatoms. The van der Waals surface area contributed by atoms with E-state index < -0.39 is 0 Å². The molecule has 0 amide bonds. The zero-order valence-corrected chi connectivity index (χ0v) is 13.4. The smallest absolute Gasteiger partial charge is 0.0958 e. The Morgan fingerprint density at radius 3 is 2.76 bits per heavy atom. The van der Waals surface area contributed by atoms with Gasteiger partial charge in [0.25, 0.3) is 0 Å². The fourth-order valence-corrected chi connectivity index (χ4v) is 3.39. The van der Waals surface area contributed by atoms with Gasteiger partial charge in [-0.15, -0.1) is 0 Å². The molecule has 2 aromatic carbocycles. The number of nitrogens with zero attached hydrogens (tertiary/aromatic N) is 2. The molecule has 0 fully saturated rings. The van der Waals surface area contributed by atoms with Crippen LogP contribution in [0.2, 0.25) is 0 Å². The lowest BCUT2D eigenvalue weighted by Crippen LogP contribution is -1.87. The van der Waals surface area contributed by atoms with Gasteiger partial charge >= 0.3 is 0 Å². The van der Waals surface area contributed by atoms with Gasteiger partial charge in [0.15, 0.2) is 0 Å². The Kier molecular flexibility index (Phi) is 3.05. The van der Waals surface area contributed by atoms with Crippen molar-refractivity contribution in [3.63, 3.8) is 0 Å². The molecule has 3 heterocycles. The first-order chi connectivity index (χ1) is 12.3. The largest absolute Gasteiger partial charge is 0.392 e. The van der Waals surface area contributed by atoms with Crippen molar-refractivity contribution < 1.29 is 5.11 Å². The quantitative estimate of drug-likeness (QED) is 0.505. The van der Waals surface area contributed by atoms with Gasteiger partial charge in [0.2, 0.25) is 0 Å². The Bertz CT molecular complexity index is 1240. The van der Waals surface area contributed by atoms with E-state index in [4.69, 9.17) is 0 Å². The van der Waals surface area contributed by atoms with Gasteiger partial charge in [-0.25, -0.2) is 0 Å². The first-order valence-electron chi connectivity index (χ1n) is 8.19. The summed E-state index contributed by atoms with van der Waals surface area (Å²) in [5.74, 6) is 0.